The van der Waals surface area contributed by atoms with Gasteiger partial charge in [0.15, 0.2) is 16.8 Å². The van der Waals surface area contributed by atoms with Crippen molar-refractivity contribution in [2.24, 2.45) is 0 Å². The molecule has 1 aromatic heterocycles. The number of hydrogen-bond acceptors (Lipinski definition) is 4. The Kier molecular flexibility index (Phi) is 3.24. The van der Waals surface area contributed by atoms with E-state index >= 15 is 0 Å². The number of rotatable bonds is 3. The number of carbonyl (C=O) groups is 1. The number of aromatic carboxylic acids is 1. The Morgan fingerprint density at radius 2 is 2.00 bits per heavy atom. The summed E-state index contributed by atoms with van der Waals surface area (Å²) in [5, 5.41) is 13.2. The molecule has 18 heavy (non-hydrogen) atoms. The first kappa shape index (κ1) is 12.4. The van der Waals surface area contributed by atoms with Crippen molar-refractivity contribution in [2.75, 3.05) is 5.32 Å². The average Bonchev–Trinajstić information content (AvgIpc) is 2.69. The maximum atomic E-state index is 13.6. The lowest BCUT2D eigenvalue weighted by Gasteiger charge is -2.06. The molecule has 0 spiro atoms. The van der Waals surface area contributed by atoms with Crippen LogP contribution < -0.4 is 5.32 Å². The van der Waals surface area contributed by atoms with Gasteiger partial charge in [0.05, 0.1) is 11.3 Å². The molecule has 0 aliphatic heterocycles. The van der Waals surface area contributed by atoms with Gasteiger partial charge in [-0.3, -0.25) is 0 Å². The predicted octanol–water partition coefficient (Wildman–Crippen LogP) is 3.17. The second kappa shape index (κ2) is 4.69. The van der Waals surface area contributed by atoms with Crippen molar-refractivity contribution >= 4 is 28.1 Å². The summed E-state index contributed by atoms with van der Waals surface area (Å²) >= 11 is 1.20. The molecule has 0 aliphatic rings. The fourth-order valence-corrected chi connectivity index (χ4v) is 2.03. The zero-order valence-corrected chi connectivity index (χ0v) is 10.0. The lowest BCUT2D eigenvalue weighted by Crippen LogP contribution is -2.03. The first-order valence-corrected chi connectivity index (χ1v) is 5.77. The molecule has 0 atom stereocenters. The van der Waals surface area contributed by atoms with Crippen LogP contribution >= 0.6 is 11.3 Å². The molecule has 2 rings (SSSR count). The number of thiazole rings is 1. The van der Waals surface area contributed by atoms with Crippen LogP contribution in [0.2, 0.25) is 0 Å². The van der Waals surface area contributed by atoms with Crippen LogP contribution in [0.3, 0.4) is 0 Å². The fourth-order valence-electron chi connectivity index (χ4n) is 1.33. The number of nitrogens with zero attached hydrogens (tertiary/aromatic N) is 1. The van der Waals surface area contributed by atoms with E-state index in [1.807, 2.05) is 0 Å². The van der Waals surface area contributed by atoms with Crippen LogP contribution in [0.4, 0.5) is 19.6 Å². The monoisotopic (exact) mass is 270 g/mol. The van der Waals surface area contributed by atoms with Gasteiger partial charge in [-0.05, 0) is 19.1 Å². The van der Waals surface area contributed by atoms with Crippen LogP contribution in [-0.4, -0.2) is 16.1 Å². The third kappa shape index (κ3) is 2.45. The molecule has 7 heteroatoms. The maximum absolute atomic E-state index is 13.6. The minimum atomic E-state index is -1.38. The van der Waals surface area contributed by atoms with E-state index in [9.17, 15) is 13.6 Å². The largest absolute Gasteiger partial charge is 0.478 e. The van der Waals surface area contributed by atoms with E-state index in [2.05, 4.69) is 10.3 Å². The van der Waals surface area contributed by atoms with Gasteiger partial charge < -0.3 is 10.4 Å². The molecule has 94 valence electrons. The minimum Gasteiger partial charge on any atom is -0.478 e. The number of hydrogen-bond donors (Lipinski definition) is 2. The van der Waals surface area contributed by atoms with Crippen LogP contribution in [0.5, 0.6) is 0 Å². The number of benzene rings is 1. The molecule has 0 aliphatic carbocycles. The predicted molar refractivity (Wildman–Crippen MR) is 63.5 cm³/mol. The van der Waals surface area contributed by atoms with Crippen LogP contribution in [0.15, 0.2) is 17.5 Å². The van der Waals surface area contributed by atoms with Gasteiger partial charge in [-0.2, -0.15) is 0 Å². The zero-order valence-electron chi connectivity index (χ0n) is 9.20. The van der Waals surface area contributed by atoms with E-state index in [1.54, 1.807) is 12.3 Å². The van der Waals surface area contributed by atoms with E-state index in [0.717, 1.165) is 17.8 Å². The van der Waals surface area contributed by atoms with Gasteiger partial charge >= 0.3 is 5.97 Å². The van der Waals surface area contributed by atoms with Crippen LogP contribution in [0.25, 0.3) is 0 Å². The molecule has 0 bridgehead atoms. The topological polar surface area (TPSA) is 62.2 Å². The molecule has 0 saturated heterocycles. The van der Waals surface area contributed by atoms with E-state index in [-0.39, 0.29) is 0 Å². The summed E-state index contributed by atoms with van der Waals surface area (Å²) < 4.78 is 27.1. The van der Waals surface area contributed by atoms with Crippen LogP contribution in [0, 0.1) is 18.6 Å². The van der Waals surface area contributed by atoms with Gasteiger partial charge in [-0.25, -0.2) is 18.6 Å². The molecule has 0 fully saturated rings. The highest BCUT2D eigenvalue weighted by Gasteiger charge is 2.15. The zero-order chi connectivity index (χ0) is 13.3. The summed E-state index contributed by atoms with van der Waals surface area (Å²) in [6.45, 7) is 1.75. The Labute approximate surface area is 105 Å². The van der Waals surface area contributed by atoms with Gasteiger partial charge in [-0.1, -0.05) is 0 Å². The SMILES string of the molecule is Cc1csc(Nc2c(F)cc(C(=O)O)cc2F)n1. The first-order chi connectivity index (χ1) is 8.47. The molecule has 0 amide bonds. The highest BCUT2D eigenvalue weighted by molar-refractivity contribution is 7.13. The number of carboxylic acid groups (broad SMARTS) is 1. The minimum absolute atomic E-state index is 0.341. The summed E-state index contributed by atoms with van der Waals surface area (Å²) in [6.07, 6.45) is 0. The van der Waals surface area contributed by atoms with Crippen molar-refractivity contribution in [3.8, 4) is 0 Å². The molecule has 0 unspecified atom stereocenters. The Morgan fingerprint density at radius 1 is 1.39 bits per heavy atom. The first-order valence-electron chi connectivity index (χ1n) is 4.89. The summed E-state index contributed by atoms with van der Waals surface area (Å²) in [6, 6.07) is 1.52. The molecule has 1 aromatic carbocycles. The second-order valence-electron chi connectivity index (χ2n) is 3.54. The lowest BCUT2D eigenvalue weighted by atomic mass is 10.2. The highest BCUT2D eigenvalue weighted by atomic mass is 32.1. The van der Waals surface area contributed by atoms with Gasteiger partial charge in [0.1, 0.15) is 5.69 Å². The molecule has 1 heterocycles. The summed E-state index contributed by atoms with van der Waals surface area (Å²) in [5.41, 5.74) is -0.120. The lowest BCUT2D eigenvalue weighted by molar-refractivity contribution is 0.0696. The van der Waals surface area contributed by atoms with E-state index in [1.165, 1.54) is 11.3 Å². The number of carboxylic acids is 1. The smallest absolute Gasteiger partial charge is 0.335 e. The Hall–Kier alpha value is -2.02. The van der Waals surface area contributed by atoms with Crippen molar-refractivity contribution in [3.63, 3.8) is 0 Å². The standard InChI is InChI=1S/C11H8F2N2O2S/c1-5-4-18-11(14-5)15-9-7(12)2-6(10(16)17)3-8(9)13/h2-4H,1H3,(H,14,15)(H,16,17). The molecule has 0 saturated carbocycles. The number of aryl methyl sites for hydroxylation is 1. The number of aromatic nitrogens is 1. The normalized spacial score (nSPS) is 10.4. The Bertz CT molecular complexity index is 590. The molecular weight excluding hydrogens is 262 g/mol. The van der Waals surface area contributed by atoms with Gasteiger partial charge in [0.2, 0.25) is 0 Å². The van der Waals surface area contributed by atoms with Crippen LogP contribution in [0.1, 0.15) is 16.1 Å². The number of anilines is 2. The quantitative estimate of drug-likeness (QED) is 0.899. The Balaban J connectivity index is 2.37. The van der Waals surface area contributed by atoms with Crippen molar-refractivity contribution < 1.29 is 18.7 Å². The second-order valence-corrected chi connectivity index (χ2v) is 4.40. The summed E-state index contributed by atoms with van der Waals surface area (Å²) in [7, 11) is 0. The van der Waals surface area contributed by atoms with Crippen molar-refractivity contribution in [1.82, 2.24) is 4.98 Å². The van der Waals surface area contributed by atoms with Gasteiger partial charge in [0.25, 0.3) is 0 Å². The highest BCUT2D eigenvalue weighted by Crippen LogP contribution is 2.26. The van der Waals surface area contributed by atoms with Gasteiger partial charge in [0, 0.05) is 5.38 Å². The van der Waals surface area contributed by atoms with Crippen molar-refractivity contribution in [3.05, 3.63) is 40.4 Å². The molecule has 2 N–H and O–H groups in total. The number of nitrogens with one attached hydrogen (secondary N) is 1. The summed E-state index contributed by atoms with van der Waals surface area (Å²) in [5.74, 6) is -3.33. The van der Waals surface area contributed by atoms with E-state index < -0.39 is 28.9 Å². The third-order valence-electron chi connectivity index (χ3n) is 2.14. The maximum Gasteiger partial charge on any atom is 0.335 e. The molecule has 4 nitrogen and oxygen atoms in total. The Morgan fingerprint density at radius 3 is 2.44 bits per heavy atom. The van der Waals surface area contributed by atoms with Crippen LogP contribution in [-0.2, 0) is 0 Å². The summed E-state index contributed by atoms with van der Waals surface area (Å²) in [4.78, 5) is 14.6. The fraction of sp³-hybridized carbons (Fsp3) is 0.0909. The average molecular weight is 270 g/mol. The molecule has 0 radical (unpaired) electrons. The molecular formula is C11H8F2N2O2S. The van der Waals surface area contributed by atoms with Crippen molar-refractivity contribution in [1.29, 1.82) is 0 Å². The van der Waals surface area contributed by atoms with E-state index in [4.69, 9.17) is 5.11 Å². The van der Waals surface area contributed by atoms with E-state index in [0.29, 0.717) is 5.13 Å². The van der Waals surface area contributed by atoms with Crippen molar-refractivity contribution in [2.45, 2.75) is 6.92 Å². The third-order valence-corrected chi connectivity index (χ3v) is 3.02. The van der Waals surface area contributed by atoms with Gasteiger partial charge in [-0.15, -0.1) is 11.3 Å². The molecule has 2 aromatic rings. The number of halogens is 2.